The van der Waals surface area contributed by atoms with E-state index in [1.54, 1.807) is 6.92 Å². The van der Waals surface area contributed by atoms with Gasteiger partial charge in [-0.15, -0.1) is 0 Å². The molecule has 0 radical (unpaired) electrons. The van der Waals surface area contributed by atoms with Gasteiger partial charge in [-0.1, -0.05) is 6.42 Å². The van der Waals surface area contributed by atoms with Gasteiger partial charge in [-0.05, 0) is 6.92 Å². The molecule has 0 aliphatic carbocycles. The van der Waals surface area contributed by atoms with Crippen molar-refractivity contribution in [1.82, 2.24) is 0 Å². The largest absolute Gasteiger partial charge is 1.00 e. The fraction of sp³-hybridized carbons (Fsp3) is 0.800. The van der Waals surface area contributed by atoms with Crippen LogP contribution in [-0.2, 0) is 17.1 Å². The first-order chi connectivity index (χ1) is 2.77. The van der Waals surface area contributed by atoms with Gasteiger partial charge >= 0.3 is 17.1 Å². The van der Waals surface area contributed by atoms with E-state index in [4.69, 9.17) is 5.11 Å². The Bertz CT molecular complexity index is 29.3. The second kappa shape index (κ2) is 6.48. The minimum atomic E-state index is -0.164. The van der Waals surface area contributed by atoms with Crippen molar-refractivity contribution >= 4 is 0 Å². The summed E-state index contributed by atoms with van der Waals surface area (Å²) in [5, 5.41) is 8.51. The zero-order chi connectivity index (χ0) is 4.99. The summed E-state index contributed by atoms with van der Waals surface area (Å²) in [5.41, 5.74) is 0. The SMILES string of the molecule is [CH2-]CCC(C)O.[Cu+]. The van der Waals surface area contributed by atoms with E-state index in [0.29, 0.717) is 0 Å². The number of hydrogen-bond acceptors (Lipinski definition) is 1. The maximum atomic E-state index is 8.51. The van der Waals surface area contributed by atoms with E-state index in [-0.39, 0.29) is 23.2 Å². The molecule has 1 atom stereocenters. The van der Waals surface area contributed by atoms with Crippen LogP contribution in [0.3, 0.4) is 0 Å². The summed E-state index contributed by atoms with van der Waals surface area (Å²) in [6.07, 6.45) is 1.49. The molecule has 0 bridgehead atoms. The smallest absolute Gasteiger partial charge is 0.394 e. The van der Waals surface area contributed by atoms with E-state index in [0.717, 1.165) is 12.8 Å². The van der Waals surface area contributed by atoms with Crippen molar-refractivity contribution in [2.24, 2.45) is 0 Å². The maximum absolute atomic E-state index is 8.51. The van der Waals surface area contributed by atoms with E-state index in [1.807, 2.05) is 0 Å². The van der Waals surface area contributed by atoms with Crippen molar-refractivity contribution in [2.75, 3.05) is 0 Å². The average Bonchev–Trinajstić information content (AvgIpc) is 1.35. The van der Waals surface area contributed by atoms with E-state index >= 15 is 0 Å². The third kappa shape index (κ3) is 10.7. The average molecular weight is 151 g/mol. The third-order valence-corrected chi connectivity index (χ3v) is 0.622. The molecule has 2 heteroatoms. The molecule has 0 heterocycles. The number of aliphatic hydroxyl groups excluding tert-OH is 1. The normalized spacial score (nSPS) is 12.4. The monoisotopic (exact) mass is 150 g/mol. The Kier molecular flexibility index (Phi) is 9.68. The second-order valence-electron chi connectivity index (χ2n) is 1.49. The summed E-state index contributed by atoms with van der Waals surface area (Å²) in [4.78, 5) is 0. The molecular weight excluding hydrogens is 140 g/mol. The Morgan fingerprint density at radius 1 is 1.71 bits per heavy atom. The summed E-state index contributed by atoms with van der Waals surface area (Å²) in [6.45, 7) is 5.33. The summed E-state index contributed by atoms with van der Waals surface area (Å²) < 4.78 is 0. The summed E-state index contributed by atoms with van der Waals surface area (Å²) in [7, 11) is 0. The van der Waals surface area contributed by atoms with E-state index in [2.05, 4.69) is 6.92 Å². The van der Waals surface area contributed by atoms with Crippen LogP contribution < -0.4 is 0 Å². The summed E-state index contributed by atoms with van der Waals surface area (Å²) in [6, 6.07) is 0. The molecule has 0 spiro atoms. The standard InChI is InChI=1S/C5H11O.Cu/c1-3-4-5(2)6;/h5-6H,1,3-4H2,2H3;/q-1;+1. The Morgan fingerprint density at radius 3 is 2.14 bits per heavy atom. The molecule has 7 heavy (non-hydrogen) atoms. The molecule has 1 nitrogen and oxygen atoms in total. The van der Waals surface area contributed by atoms with Crippen LogP contribution in [0.4, 0.5) is 0 Å². The number of aliphatic hydroxyl groups is 1. The topological polar surface area (TPSA) is 20.2 Å². The van der Waals surface area contributed by atoms with Crippen LogP contribution in [0.2, 0.25) is 0 Å². The zero-order valence-corrected chi connectivity index (χ0v) is 5.39. The Labute approximate surface area is 55.6 Å². The Hall–Kier alpha value is 0.479. The van der Waals surface area contributed by atoms with Gasteiger partial charge in [0.15, 0.2) is 0 Å². The van der Waals surface area contributed by atoms with Crippen LogP contribution in [-0.4, -0.2) is 11.2 Å². The van der Waals surface area contributed by atoms with Gasteiger partial charge < -0.3 is 12.0 Å². The molecule has 0 saturated heterocycles. The van der Waals surface area contributed by atoms with Gasteiger partial charge in [0.05, 0.1) is 0 Å². The predicted molar refractivity (Wildman–Crippen MR) is 26.3 cm³/mol. The summed E-state index contributed by atoms with van der Waals surface area (Å²) >= 11 is 0. The molecule has 1 N–H and O–H groups in total. The van der Waals surface area contributed by atoms with Crippen LogP contribution in [0.25, 0.3) is 0 Å². The van der Waals surface area contributed by atoms with Crippen LogP contribution in [0.5, 0.6) is 0 Å². The maximum Gasteiger partial charge on any atom is 1.00 e. The van der Waals surface area contributed by atoms with E-state index in [9.17, 15) is 0 Å². The van der Waals surface area contributed by atoms with E-state index < -0.39 is 0 Å². The van der Waals surface area contributed by atoms with Gasteiger partial charge in [0.2, 0.25) is 0 Å². The van der Waals surface area contributed by atoms with Crippen LogP contribution >= 0.6 is 0 Å². The Balaban J connectivity index is 0. The van der Waals surface area contributed by atoms with Crippen LogP contribution in [0.1, 0.15) is 19.8 Å². The van der Waals surface area contributed by atoms with Crippen molar-refractivity contribution in [3.05, 3.63) is 6.92 Å². The first-order valence-corrected chi connectivity index (χ1v) is 2.24. The molecular formula is C5H11CuO. The first-order valence-electron chi connectivity index (χ1n) is 2.24. The van der Waals surface area contributed by atoms with Gasteiger partial charge in [-0.25, -0.2) is 0 Å². The molecule has 0 rings (SSSR count). The molecule has 0 amide bonds. The molecule has 0 aliphatic rings. The molecule has 0 fully saturated rings. The fourth-order valence-electron chi connectivity index (χ4n) is 0.295. The van der Waals surface area contributed by atoms with Gasteiger partial charge in [-0.3, -0.25) is 0 Å². The van der Waals surface area contributed by atoms with Crippen LogP contribution in [0.15, 0.2) is 0 Å². The van der Waals surface area contributed by atoms with Gasteiger partial charge in [0, 0.05) is 6.10 Å². The first kappa shape index (κ1) is 10.5. The predicted octanol–water partition coefficient (Wildman–Crippen LogP) is 0.979. The van der Waals surface area contributed by atoms with E-state index in [1.165, 1.54) is 0 Å². The molecule has 0 aromatic carbocycles. The van der Waals surface area contributed by atoms with Crippen molar-refractivity contribution in [1.29, 1.82) is 0 Å². The Morgan fingerprint density at radius 2 is 2.14 bits per heavy atom. The van der Waals surface area contributed by atoms with Crippen molar-refractivity contribution in [3.63, 3.8) is 0 Å². The van der Waals surface area contributed by atoms with Gasteiger partial charge in [0.25, 0.3) is 0 Å². The number of hydrogen-bond donors (Lipinski definition) is 1. The summed E-state index contributed by atoms with van der Waals surface area (Å²) in [5.74, 6) is 0. The van der Waals surface area contributed by atoms with Crippen molar-refractivity contribution in [2.45, 2.75) is 25.9 Å². The third-order valence-electron chi connectivity index (χ3n) is 0.622. The zero-order valence-electron chi connectivity index (χ0n) is 4.45. The molecule has 0 aliphatic heterocycles. The van der Waals surface area contributed by atoms with Gasteiger partial charge in [0.1, 0.15) is 0 Å². The molecule has 48 valence electrons. The fourth-order valence-corrected chi connectivity index (χ4v) is 0.295. The van der Waals surface area contributed by atoms with Crippen molar-refractivity contribution < 1.29 is 22.2 Å². The van der Waals surface area contributed by atoms with Gasteiger partial charge in [-0.2, -0.15) is 6.42 Å². The quantitative estimate of drug-likeness (QED) is 0.460. The van der Waals surface area contributed by atoms with Crippen LogP contribution in [0, 0.1) is 6.92 Å². The molecule has 0 aromatic heterocycles. The molecule has 1 unspecified atom stereocenters. The molecule has 0 aromatic rings. The molecule has 0 saturated carbocycles. The van der Waals surface area contributed by atoms with Crippen molar-refractivity contribution in [3.8, 4) is 0 Å². The minimum Gasteiger partial charge on any atom is -0.394 e. The second-order valence-corrected chi connectivity index (χ2v) is 1.49. The minimum absolute atomic E-state index is 0. The number of rotatable bonds is 2.